The molecule has 5 nitrogen and oxygen atoms in total. The summed E-state index contributed by atoms with van der Waals surface area (Å²) < 4.78 is 17.6. The largest absolute Gasteiger partial charge is 0.468 e. The van der Waals surface area contributed by atoms with Crippen LogP contribution in [0.1, 0.15) is 19.3 Å². The van der Waals surface area contributed by atoms with E-state index in [1.54, 1.807) is 0 Å². The van der Waals surface area contributed by atoms with Crippen LogP contribution in [0.15, 0.2) is 24.3 Å². The number of halogens is 1. The van der Waals surface area contributed by atoms with Gasteiger partial charge in [-0.05, 0) is 43.7 Å². The lowest BCUT2D eigenvalue weighted by molar-refractivity contribution is -0.148. The first kappa shape index (κ1) is 15.4. The highest BCUT2D eigenvalue weighted by Crippen LogP contribution is 2.18. The molecule has 1 aliphatic rings. The molecule has 21 heavy (non-hydrogen) atoms. The number of nitrogens with zero attached hydrogens (tertiary/aromatic N) is 1. The van der Waals surface area contributed by atoms with Gasteiger partial charge in [-0.3, -0.25) is 14.5 Å². The van der Waals surface area contributed by atoms with Gasteiger partial charge in [0.05, 0.1) is 13.7 Å². The summed E-state index contributed by atoms with van der Waals surface area (Å²) >= 11 is 0. The number of esters is 1. The third-order valence-electron chi connectivity index (χ3n) is 3.56. The minimum Gasteiger partial charge on any atom is -0.468 e. The van der Waals surface area contributed by atoms with E-state index in [2.05, 4.69) is 5.32 Å². The van der Waals surface area contributed by atoms with Crippen molar-refractivity contribution < 1.29 is 18.7 Å². The number of piperidine rings is 1. The molecule has 0 aliphatic carbocycles. The van der Waals surface area contributed by atoms with Gasteiger partial charge < -0.3 is 10.1 Å². The number of methoxy groups -OCH3 is 1. The molecule has 0 saturated carbocycles. The molecule has 1 N–H and O–H groups in total. The van der Waals surface area contributed by atoms with Crippen molar-refractivity contribution in [2.24, 2.45) is 0 Å². The number of amides is 1. The monoisotopic (exact) mass is 294 g/mol. The van der Waals surface area contributed by atoms with E-state index in [4.69, 9.17) is 4.74 Å². The molecule has 6 heteroatoms. The van der Waals surface area contributed by atoms with Crippen LogP contribution < -0.4 is 5.32 Å². The summed E-state index contributed by atoms with van der Waals surface area (Å²) in [7, 11) is 1.35. The average Bonchev–Trinajstić information content (AvgIpc) is 2.49. The Morgan fingerprint density at radius 2 is 2.05 bits per heavy atom. The molecule has 0 aromatic heterocycles. The summed E-state index contributed by atoms with van der Waals surface area (Å²) in [6.45, 7) is 0.813. The number of hydrogen-bond acceptors (Lipinski definition) is 4. The molecule has 1 unspecified atom stereocenters. The number of ether oxygens (including phenoxy) is 1. The second kappa shape index (κ2) is 7.17. The smallest absolute Gasteiger partial charge is 0.323 e. The Hall–Kier alpha value is -1.95. The minimum atomic E-state index is -0.359. The maximum Gasteiger partial charge on any atom is 0.323 e. The summed E-state index contributed by atoms with van der Waals surface area (Å²) in [6.07, 6.45) is 2.61. The molecule has 1 atom stereocenters. The minimum absolute atomic E-state index is 0.122. The van der Waals surface area contributed by atoms with Gasteiger partial charge in [-0.15, -0.1) is 0 Å². The van der Waals surface area contributed by atoms with Crippen LogP contribution in [0.2, 0.25) is 0 Å². The third-order valence-corrected chi connectivity index (χ3v) is 3.56. The lowest BCUT2D eigenvalue weighted by Gasteiger charge is -2.32. The second-order valence-corrected chi connectivity index (χ2v) is 5.06. The Morgan fingerprint density at radius 1 is 1.33 bits per heavy atom. The molecule has 1 aromatic carbocycles. The summed E-state index contributed by atoms with van der Waals surface area (Å²) in [6, 6.07) is 5.21. The van der Waals surface area contributed by atoms with E-state index < -0.39 is 0 Å². The normalized spacial score (nSPS) is 19.0. The van der Waals surface area contributed by atoms with Gasteiger partial charge >= 0.3 is 5.97 Å². The Balaban J connectivity index is 1.93. The summed E-state index contributed by atoms with van der Waals surface area (Å²) in [5, 5.41) is 2.69. The van der Waals surface area contributed by atoms with E-state index in [9.17, 15) is 14.0 Å². The van der Waals surface area contributed by atoms with Gasteiger partial charge in [-0.1, -0.05) is 6.42 Å². The number of carbonyl (C=O) groups excluding carboxylic acids is 2. The van der Waals surface area contributed by atoms with Crippen molar-refractivity contribution >= 4 is 17.6 Å². The van der Waals surface area contributed by atoms with Gasteiger partial charge in [0.1, 0.15) is 11.9 Å². The second-order valence-electron chi connectivity index (χ2n) is 5.06. The zero-order valence-electron chi connectivity index (χ0n) is 12.0. The zero-order chi connectivity index (χ0) is 15.2. The standard InChI is InChI=1S/C15H19FN2O3/c1-21-15(20)13-4-2-3-9-18(13)10-14(19)17-12-7-5-11(16)6-8-12/h5-8,13H,2-4,9-10H2,1H3,(H,17,19). The molecule has 0 spiro atoms. The Labute approximate surface area is 123 Å². The quantitative estimate of drug-likeness (QED) is 0.860. The first-order valence-electron chi connectivity index (χ1n) is 6.97. The van der Waals surface area contributed by atoms with Crippen LogP contribution in [-0.2, 0) is 14.3 Å². The van der Waals surface area contributed by atoms with Crippen LogP contribution in [-0.4, -0.2) is 43.0 Å². The van der Waals surface area contributed by atoms with Crippen LogP contribution in [0.25, 0.3) is 0 Å². The molecular weight excluding hydrogens is 275 g/mol. The lowest BCUT2D eigenvalue weighted by Crippen LogP contribution is -2.48. The van der Waals surface area contributed by atoms with Gasteiger partial charge in [0.2, 0.25) is 5.91 Å². The topological polar surface area (TPSA) is 58.6 Å². The Morgan fingerprint density at radius 3 is 2.71 bits per heavy atom. The van der Waals surface area contributed by atoms with E-state index in [1.807, 2.05) is 4.90 Å². The summed E-state index contributed by atoms with van der Waals surface area (Å²) in [5.74, 6) is -0.878. The molecule has 1 amide bonds. The fourth-order valence-electron chi connectivity index (χ4n) is 2.50. The van der Waals surface area contributed by atoms with E-state index in [-0.39, 0.29) is 30.3 Å². The van der Waals surface area contributed by atoms with Crippen molar-refractivity contribution in [2.75, 3.05) is 25.5 Å². The van der Waals surface area contributed by atoms with E-state index >= 15 is 0 Å². The van der Waals surface area contributed by atoms with Gasteiger partial charge in [-0.25, -0.2) is 4.39 Å². The van der Waals surface area contributed by atoms with Crippen molar-refractivity contribution in [2.45, 2.75) is 25.3 Å². The predicted octanol–water partition coefficient (Wildman–Crippen LogP) is 1.79. The molecule has 114 valence electrons. The number of rotatable bonds is 4. The fraction of sp³-hybridized carbons (Fsp3) is 0.467. The molecule has 2 rings (SSSR count). The molecule has 1 heterocycles. The van der Waals surface area contributed by atoms with E-state index in [1.165, 1.54) is 31.4 Å². The number of anilines is 1. The van der Waals surface area contributed by atoms with Gasteiger partial charge in [0.15, 0.2) is 0 Å². The number of hydrogen-bond donors (Lipinski definition) is 1. The SMILES string of the molecule is COC(=O)C1CCCCN1CC(=O)Nc1ccc(F)cc1. The maximum atomic E-state index is 12.8. The Kier molecular flexibility index (Phi) is 5.27. The van der Waals surface area contributed by atoms with Crippen molar-refractivity contribution in [3.63, 3.8) is 0 Å². The average molecular weight is 294 g/mol. The summed E-state index contributed by atoms with van der Waals surface area (Å²) in [5.41, 5.74) is 0.535. The van der Waals surface area contributed by atoms with Crippen LogP contribution in [0.5, 0.6) is 0 Å². The maximum absolute atomic E-state index is 12.8. The first-order chi connectivity index (χ1) is 10.1. The van der Waals surface area contributed by atoms with E-state index in [0.717, 1.165) is 12.8 Å². The van der Waals surface area contributed by atoms with Crippen LogP contribution in [0, 0.1) is 5.82 Å². The number of likely N-dealkylation sites (tertiary alicyclic amines) is 1. The van der Waals surface area contributed by atoms with Crippen molar-refractivity contribution in [3.8, 4) is 0 Å². The van der Waals surface area contributed by atoms with E-state index in [0.29, 0.717) is 18.7 Å². The van der Waals surface area contributed by atoms with Crippen LogP contribution >= 0.6 is 0 Å². The first-order valence-corrected chi connectivity index (χ1v) is 6.97. The fourth-order valence-corrected chi connectivity index (χ4v) is 2.50. The van der Waals surface area contributed by atoms with Gasteiger partial charge in [0, 0.05) is 5.69 Å². The molecule has 1 fully saturated rings. The zero-order valence-corrected chi connectivity index (χ0v) is 12.0. The van der Waals surface area contributed by atoms with Crippen molar-refractivity contribution in [1.82, 2.24) is 4.90 Å². The van der Waals surface area contributed by atoms with Crippen molar-refractivity contribution in [1.29, 1.82) is 0 Å². The molecular formula is C15H19FN2O3. The Bertz CT molecular complexity index is 504. The highest BCUT2D eigenvalue weighted by atomic mass is 19.1. The lowest BCUT2D eigenvalue weighted by atomic mass is 10.0. The molecule has 1 aliphatic heterocycles. The molecule has 0 bridgehead atoms. The molecule has 1 aromatic rings. The van der Waals surface area contributed by atoms with Crippen LogP contribution in [0.3, 0.4) is 0 Å². The van der Waals surface area contributed by atoms with Gasteiger partial charge in [0.25, 0.3) is 0 Å². The third kappa shape index (κ3) is 4.26. The highest BCUT2D eigenvalue weighted by Gasteiger charge is 2.30. The summed E-state index contributed by atoms with van der Waals surface area (Å²) in [4.78, 5) is 25.6. The van der Waals surface area contributed by atoms with Crippen molar-refractivity contribution in [3.05, 3.63) is 30.1 Å². The molecule has 1 saturated heterocycles. The predicted molar refractivity (Wildman–Crippen MR) is 76.3 cm³/mol. The van der Waals surface area contributed by atoms with Gasteiger partial charge in [-0.2, -0.15) is 0 Å². The number of nitrogens with one attached hydrogen (secondary N) is 1. The molecule has 0 radical (unpaired) electrons. The highest BCUT2D eigenvalue weighted by molar-refractivity contribution is 5.92. The number of benzene rings is 1. The number of carbonyl (C=O) groups is 2. The van der Waals surface area contributed by atoms with Crippen LogP contribution in [0.4, 0.5) is 10.1 Å².